The molecule has 4 aromatic rings. The Kier molecular flexibility index (Phi) is 10.1. The summed E-state index contributed by atoms with van der Waals surface area (Å²) in [7, 11) is 3.05. The Balaban J connectivity index is 1.80. The smallest absolute Gasteiger partial charge is 0.338 e. The first-order valence-corrected chi connectivity index (χ1v) is 16.0. The molecule has 0 bridgehead atoms. The molecule has 0 unspecified atom stereocenters. The molecule has 12 heteroatoms. The lowest BCUT2D eigenvalue weighted by Crippen LogP contribution is -2.40. The zero-order chi connectivity index (χ0) is 33.0. The molecule has 1 aromatic heterocycles. The monoisotopic (exact) mass is 706 g/mol. The highest BCUT2D eigenvalue weighted by atomic mass is 79.9. The molecular weight excluding hydrogens is 676 g/mol. The number of carbonyl (C=O) groups excluding carboxylic acids is 2. The third-order valence-corrected chi connectivity index (χ3v) is 8.54. The number of aromatic nitrogens is 1. The van der Waals surface area contributed by atoms with E-state index >= 15 is 0 Å². The highest BCUT2D eigenvalue weighted by Gasteiger charge is 2.35. The Hall–Kier alpha value is -4.68. The third kappa shape index (κ3) is 6.49. The van der Waals surface area contributed by atoms with Gasteiger partial charge in [0.2, 0.25) is 0 Å². The van der Waals surface area contributed by atoms with Gasteiger partial charge in [-0.25, -0.2) is 9.79 Å². The molecule has 0 amide bonds. The summed E-state index contributed by atoms with van der Waals surface area (Å²) in [6.45, 7) is 5.31. The van der Waals surface area contributed by atoms with E-state index in [1.54, 1.807) is 43.3 Å². The molecule has 0 saturated carbocycles. The fourth-order valence-corrected chi connectivity index (χ4v) is 6.65. The summed E-state index contributed by atoms with van der Waals surface area (Å²) in [6.07, 6.45) is 1.70. The Bertz CT molecular complexity index is 2020. The minimum Gasteiger partial charge on any atom is -0.493 e. The van der Waals surface area contributed by atoms with Gasteiger partial charge in [-0.1, -0.05) is 47.7 Å². The van der Waals surface area contributed by atoms with Crippen molar-refractivity contribution in [2.24, 2.45) is 4.99 Å². The molecule has 46 heavy (non-hydrogen) atoms. The standard InChI is InChI=1S/C34H31BrN2O8S/c1-6-43-26-16-20(15-23(35)31(26)45-19(3)38)17-27-32(39)37-30(22-13-14-24(41-4)25(18-22)42-5)28(33(40)44-7-2)29(36-34(37)46-27)21-11-9-8-10-12-21/h8-18,30H,6-7H2,1-5H3/b27-17-/t30-/m0/s1. The van der Waals surface area contributed by atoms with Crippen molar-refractivity contribution in [1.82, 2.24) is 4.57 Å². The summed E-state index contributed by atoms with van der Waals surface area (Å²) < 4.78 is 30.0. The number of benzene rings is 3. The van der Waals surface area contributed by atoms with Crippen molar-refractivity contribution in [3.63, 3.8) is 0 Å². The van der Waals surface area contributed by atoms with Gasteiger partial charge in [0.05, 0.1) is 53.8 Å². The summed E-state index contributed by atoms with van der Waals surface area (Å²) in [4.78, 5) is 45.0. The summed E-state index contributed by atoms with van der Waals surface area (Å²) in [6, 6.07) is 17.1. The fraction of sp³-hybridized carbons (Fsp3) is 0.235. The first-order valence-electron chi connectivity index (χ1n) is 14.4. The van der Waals surface area contributed by atoms with Gasteiger partial charge in [-0.3, -0.25) is 14.2 Å². The molecule has 0 N–H and O–H groups in total. The van der Waals surface area contributed by atoms with E-state index in [9.17, 15) is 14.4 Å². The van der Waals surface area contributed by atoms with Crippen LogP contribution in [0.5, 0.6) is 23.0 Å². The van der Waals surface area contributed by atoms with Gasteiger partial charge in [0.1, 0.15) is 0 Å². The lowest BCUT2D eigenvalue weighted by atomic mass is 9.93. The van der Waals surface area contributed by atoms with E-state index in [1.807, 2.05) is 37.3 Å². The molecule has 0 saturated heterocycles. The van der Waals surface area contributed by atoms with E-state index in [1.165, 1.54) is 37.0 Å². The van der Waals surface area contributed by atoms with Crippen molar-refractivity contribution in [3.05, 3.63) is 107 Å². The maximum absolute atomic E-state index is 14.3. The molecule has 1 aliphatic rings. The Morgan fingerprint density at radius 3 is 2.37 bits per heavy atom. The number of methoxy groups -OCH3 is 2. The van der Waals surface area contributed by atoms with Gasteiger partial charge in [0.15, 0.2) is 27.8 Å². The molecule has 0 aliphatic carbocycles. The average molecular weight is 708 g/mol. The van der Waals surface area contributed by atoms with Crippen LogP contribution in [-0.2, 0) is 14.3 Å². The SMILES string of the molecule is CCOC(=O)C1=C(c2ccccc2)N=c2s/c(=C\c3cc(Br)c(OC(C)=O)c(OCC)c3)c(=O)n2[C@H]1c1ccc(OC)c(OC)c1. The highest BCUT2D eigenvalue weighted by Crippen LogP contribution is 2.39. The van der Waals surface area contributed by atoms with Gasteiger partial charge in [-0.2, -0.15) is 0 Å². The number of fused-ring (bicyclic) bond motifs is 1. The number of hydrogen-bond donors (Lipinski definition) is 0. The third-order valence-electron chi connectivity index (χ3n) is 6.97. The molecule has 238 valence electrons. The number of halogens is 1. The van der Waals surface area contributed by atoms with Crippen LogP contribution in [0, 0.1) is 0 Å². The number of thiazole rings is 1. The van der Waals surface area contributed by atoms with Crippen LogP contribution in [0.4, 0.5) is 0 Å². The van der Waals surface area contributed by atoms with E-state index in [0.29, 0.717) is 60.0 Å². The van der Waals surface area contributed by atoms with Gasteiger partial charge < -0.3 is 23.7 Å². The minimum absolute atomic E-state index is 0.133. The van der Waals surface area contributed by atoms with E-state index in [2.05, 4.69) is 15.9 Å². The van der Waals surface area contributed by atoms with Crippen LogP contribution in [-0.4, -0.2) is 43.9 Å². The normalized spacial score (nSPS) is 14.3. The zero-order valence-corrected chi connectivity index (χ0v) is 28.2. The van der Waals surface area contributed by atoms with Crippen molar-refractivity contribution in [1.29, 1.82) is 0 Å². The molecule has 0 radical (unpaired) electrons. The average Bonchev–Trinajstić information content (AvgIpc) is 3.36. The van der Waals surface area contributed by atoms with Crippen molar-refractivity contribution in [2.75, 3.05) is 27.4 Å². The van der Waals surface area contributed by atoms with Crippen LogP contribution in [0.2, 0.25) is 0 Å². The number of hydrogen-bond acceptors (Lipinski definition) is 10. The van der Waals surface area contributed by atoms with Gasteiger partial charge in [-0.05, 0) is 71.2 Å². The van der Waals surface area contributed by atoms with Crippen LogP contribution in [0.25, 0.3) is 11.8 Å². The summed E-state index contributed by atoms with van der Waals surface area (Å²) in [5.41, 5.74) is 2.16. The van der Waals surface area contributed by atoms with Crippen molar-refractivity contribution in [3.8, 4) is 23.0 Å². The van der Waals surface area contributed by atoms with Crippen molar-refractivity contribution in [2.45, 2.75) is 26.8 Å². The van der Waals surface area contributed by atoms with Crippen LogP contribution >= 0.6 is 27.3 Å². The quantitative estimate of drug-likeness (QED) is 0.167. The number of rotatable bonds is 10. The molecule has 3 aromatic carbocycles. The number of ether oxygens (including phenoxy) is 5. The van der Waals surface area contributed by atoms with Crippen LogP contribution in [0.3, 0.4) is 0 Å². The number of nitrogens with zero attached hydrogens (tertiary/aromatic N) is 2. The van der Waals surface area contributed by atoms with Crippen molar-refractivity contribution >= 4 is 51.0 Å². The molecule has 0 spiro atoms. The minimum atomic E-state index is -0.899. The van der Waals surface area contributed by atoms with Gasteiger partial charge in [-0.15, -0.1) is 0 Å². The van der Waals surface area contributed by atoms with Crippen LogP contribution in [0.15, 0.2) is 80.5 Å². The Morgan fingerprint density at radius 1 is 0.978 bits per heavy atom. The molecule has 5 rings (SSSR count). The Labute approximate surface area is 277 Å². The number of carbonyl (C=O) groups is 2. The topological polar surface area (TPSA) is 115 Å². The summed E-state index contributed by atoms with van der Waals surface area (Å²) in [5, 5.41) is 0. The molecule has 1 atom stereocenters. The van der Waals surface area contributed by atoms with Gasteiger partial charge >= 0.3 is 11.9 Å². The number of esters is 2. The zero-order valence-electron chi connectivity index (χ0n) is 25.8. The lowest BCUT2D eigenvalue weighted by molar-refractivity contribution is -0.139. The maximum Gasteiger partial charge on any atom is 0.338 e. The van der Waals surface area contributed by atoms with Crippen molar-refractivity contribution < 1.29 is 33.3 Å². The molecule has 0 fully saturated rings. The highest BCUT2D eigenvalue weighted by molar-refractivity contribution is 9.10. The van der Waals surface area contributed by atoms with E-state index in [-0.39, 0.29) is 23.5 Å². The van der Waals surface area contributed by atoms with Crippen LogP contribution < -0.4 is 33.8 Å². The second-order valence-electron chi connectivity index (χ2n) is 9.90. The molecule has 1 aliphatic heterocycles. The molecule has 10 nitrogen and oxygen atoms in total. The second-order valence-corrected chi connectivity index (χ2v) is 11.8. The van der Waals surface area contributed by atoms with Crippen LogP contribution in [0.1, 0.15) is 43.5 Å². The summed E-state index contributed by atoms with van der Waals surface area (Å²) in [5.74, 6) is 0.425. The fourth-order valence-electron chi connectivity index (χ4n) is 5.11. The van der Waals surface area contributed by atoms with E-state index in [0.717, 1.165) is 0 Å². The summed E-state index contributed by atoms with van der Waals surface area (Å²) >= 11 is 4.65. The first-order chi connectivity index (χ1) is 22.2. The van der Waals surface area contributed by atoms with E-state index < -0.39 is 18.0 Å². The second kappa shape index (κ2) is 14.2. The predicted octanol–water partition coefficient (Wildman–Crippen LogP) is 5.04. The molecule has 2 heterocycles. The largest absolute Gasteiger partial charge is 0.493 e. The Morgan fingerprint density at radius 2 is 1.72 bits per heavy atom. The maximum atomic E-state index is 14.3. The lowest BCUT2D eigenvalue weighted by Gasteiger charge is -2.26. The molecular formula is C34H31BrN2O8S. The van der Waals surface area contributed by atoms with Gasteiger partial charge in [0.25, 0.3) is 5.56 Å². The first kappa shape index (κ1) is 32.7. The van der Waals surface area contributed by atoms with E-state index in [4.69, 9.17) is 28.7 Å². The predicted molar refractivity (Wildman–Crippen MR) is 177 cm³/mol. The van der Waals surface area contributed by atoms with Gasteiger partial charge in [0, 0.05) is 12.5 Å².